The van der Waals surface area contributed by atoms with Crippen LogP contribution < -0.4 is 0 Å². The van der Waals surface area contributed by atoms with Crippen LogP contribution in [0.5, 0.6) is 0 Å². The normalized spacial score (nSPS) is 32.1. The Balaban J connectivity index is 1.75. The van der Waals surface area contributed by atoms with E-state index in [2.05, 4.69) is 50.6 Å². The smallest absolute Gasteiger partial charge is 0.0625 e. The van der Waals surface area contributed by atoms with Gasteiger partial charge in [0.25, 0.3) is 0 Å². The van der Waals surface area contributed by atoms with Crippen molar-refractivity contribution in [3.05, 3.63) is 17.5 Å². The number of aromatic nitrogens is 2. The van der Waals surface area contributed by atoms with Gasteiger partial charge in [-0.2, -0.15) is 5.10 Å². The lowest BCUT2D eigenvalue weighted by atomic mass is 10.0. The first-order valence-electron chi connectivity index (χ1n) is 7.09. The second kappa shape index (κ2) is 4.97. The second-order valence-corrected chi connectivity index (χ2v) is 7.03. The van der Waals surface area contributed by atoms with E-state index >= 15 is 0 Å². The summed E-state index contributed by atoms with van der Waals surface area (Å²) in [6.45, 7) is 3.25. The molecule has 2 aliphatic rings. The number of nitrogens with zero attached hydrogens (tertiary/aromatic N) is 3. The van der Waals surface area contributed by atoms with Gasteiger partial charge >= 0.3 is 0 Å². The minimum Gasteiger partial charge on any atom is -0.292 e. The maximum Gasteiger partial charge on any atom is 0.0625 e. The molecule has 2 fully saturated rings. The van der Waals surface area contributed by atoms with Crippen molar-refractivity contribution in [3.8, 4) is 0 Å². The predicted molar refractivity (Wildman–Crippen MR) is 76.9 cm³/mol. The highest BCUT2D eigenvalue weighted by atomic mass is 79.9. The fraction of sp³-hybridized carbons (Fsp3) is 0.786. The number of hydrogen-bond acceptors (Lipinski definition) is 2. The monoisotopic (exact) mass is 311 g/mol. The molecule has 0 N–H and O–H groups in total. The van der Waals surface area contributed by atoms with Crippen molar-refractivity contribution < 1.29 is 0 Å². The molecule has 2 atom stereocenters. The molecule has 3 nitrogen and oxygen atoms in total. The minimum absolute atomic E-state index is 0.740. The fourth-order valence-electron chi connectivity index (χ4n) is 3.55. The molecule has 1 aromatic rings. The van der Waals surface area contributed by atoms with Crippen molar-refractivity contribution in [1.82, 2.24) is 14.7 Å². The number of halogens is 1. The Bertz CT molecular complexity index is 415. The SMILES string of the molecule is CCc1cc(CN2C3CCC2CC(Br)C3)n(C)n1. The number of piperidine rings is 1. The van der Waals surface area contributed by atoms with Gasteiger partial charge in [-0.05, 0) is 38.2 Å². The Morgan fingerprint density at radius 2 is 2.00 bits per heavy atom. The molecule has 2 saturated heterocycles. The number of alkyl halides is 1. The predicted octanol–water partition coefficient (Wildman–Crippen LogP) is 2.87. The second-order valence-electron chi connectivity index (χ2n) is 5.73. The molecule has 0 aromatic carbocycles. The maximum atomic E-state index is 4.56. The Morgan fingerprint density at radius 1 is 1.33 bits per heavy atom. The van der Waals surface area contributed by atoms with Gasteiger partial charge < -0.3 is 0 Å². The molecule has 1 aromatic heterocycles. The molecule has 0 saturated carbocycles. The lowest BCUT2D eigenvalue weighted by Gasteiger charge is -2.37. The van der Waals surface area contributed by atoms with Crippen LogP contribution in [0.1, 0.15) is 44.0 Å². The molecule has 0 amide bonds. The average Bonchev–Trinajstić information content (AvgIpc) is 2.80. The zero-order valence-corrected chi connectivity index (χ0v) is 12.9. The van der Waals surface area contributed by atoms with Crippen molar-refractivity contribution in [2.75, 3.05) is 0 Å². The van der Waals surface area contributed by atoms with Crippen LogP contribution in [0, 0.1) is 0 Å². The van der Waals surface area contributed by atoms with Crippen LogP contribution in [0.4, 0.5) is 0 Å². The number of fused-ring (bicyclic) bond motifs is 2. The molecule has 0 spiro atoms. The van der Waals surface area contributed by atoms with Gasteiger partial charge in [0.2, 0.25) is 0 Å². The van der Waals surface area contributed by atoms with Gasteiger partial charge in [-0.25, -0.2) is 0 Å². The van der Waals surface area contributed by atoms with Gasteiger partial charge in [-0.1, -0.05) is 22.9 Å². The highest BCUT2D eigenvalue weighted by Crippen LogP contribution is 2.39. The van der Waals surface area contributed by atoms with Crippen LogP contribution in [-0.4, -0.2) is 31.6 Å². The van der Waals surface area contributed by atoms with Crippen LogP contribution in [0.25, 0.3) is 0 Å². The van der Waals surface area contributed by atoms with Crippen molar-refractivity contribution in [2.24, 2.45) is 7.05 Å². The summed E-state index contributed by atoms with van der Waals surface area (Å²) < 4.78 is 2.07. The third kappa shape index (κ3) is 2.25. The average molecular weight is 312 g/mol. The Morgan fingerprint density at radius 3 is 2.56 bits per heavy atom. The van der Waals surface area contributed by atoms with E-state index < -0.39 is 0 Å². The molecule has 100 valence electrons. The Labute approximate surface area is 118 Å². The molecule has 3 heterocycles. The Hall–Kier alpha value is -0.350. The van der Waals surface area contributed by atoms with E-state index in [1.165, 1.54) is 37.1 Å². The van der Waals surface area contributed by atoms with E-state index in [0.29, 0.717) is 0 Å². The topological polar surface area (TPSA) is 21.1 Å². The summed E-state index contributed by atoms with van der Waals surface area (Å²) in [6.07, 6.45) is 6.42. The minimum atomic E-state index is 0.740. The lowest BCUT2D eigenvalue weighted by molar-refractivity contribution is 0.133. The zero-order valence-electron chi connectivity index (χ0n) is 11.3. The maximum absolute atomic E-state index is 4.56. The van der Waals surface area contributed by atoms with E-state index in [1.54, 1.807) is 0 Å². The van der Waals surface area contributed by atoms with E-state index in [-0.39, 0.29) is 0 Å². The first kappa shape index (κ1) is 12.7. The molecule has 3 rings (SSSR count). The van der Waals surface area contributed by atoms with Crippen molar-refractivity contribution in [2.45, 2.75) is 62.5 Å². The van der Waals surface area contributed by atoms with Crippen molar-refractivity contribution in [3.63, 3.8) is 0 Å². The van der Waals surface area contributed by atoms with Gasteiger partial charge in [0.1, 0.15) is 0 Å². The fourth-order valence-corrected chi connectivity index (χ4v) is 4.41. The van der Waals surface area contributed by atoms with Crippen molar-refractivity contribution in [1.29, 1.82) is 0 Å². The highest BCUT2D eigenvalue weighted by Gasteiger charge is 2.39. The first-order valence-corrected chi connectivity index (χ1v) is 8.00. The quantitative estimate of drug-likeness (QED) is 0.800. The number of hydrogen-bond donors (Lipinski definition) is 0. The molecular weight excluding hydrogens is 290 g/mol. The summed E-state index contributed by atoms with van der Waals surface area (Å²) in [5, 5.41) is 4.56. The van der Waals surface area contributed by atoms with Gasteiger partial charge in [0.15, 0.2) is 0 Å². The summed E-state index contributed by atoms with van der Waals surface area (Å²) in [5.74, 6) is 0. The Kier molecular flexibility index (Phi) is 3.50. The third-order valence-corrected chi connectivity index (χ3v) is 5.31. The van der Waals surface area contributed by atoms with E-state index in [4.69, 9.17) is 0 Å². The summed E-state index contributed by atoms with van der Waals surface area (Å²) in [7, 11) is 2.08. The number of aryl methyl sites for hydroxylation is 2. The van der Waals surface area contributed by atoms with Crippen LogP contribution in [0.3, 0.4) is 0 Å². The molecule has 4 heteroatoms. The molecule has 0 aliphatic carbocycles. The van der Waals surface area contributed by atoms with Crippen LogP contribution in [0.2, 0.25) is 0 Å². The van der Waals surface area contributed by atoms with Crippen LogP contribution in [0.15, 0.2) is 6.07 Å². The molecule has 2 bridgehead atoms. The van der Waals surface area contributed by atoms with Gasteiger partial charge in [0.05, 0.1) is 11.4 Å². The molecule has 18 heavy (non-hydrogen) atoms. The standard InChI is InChI=1S/C14H22BrN3/c1-3-11-8-14(17(2)16-11)9-18-12-4-5-13(18)7-10(15)6-12/h8,10,12-13H,3-7,9H2,1-2H3. The summed E-state index contributed by atoms with van der Waals surface area (Å²) in [5.41, 5.74) is 2.59. The highest BCUT2D eigenvalue weighted by molar-refractivity contribution is 9.09. The number of rotatable bonds is 3. The largest absolute Gasteiger partial charge is 0.292 e. The molecular formula is C14H22BrN3. The summed E-state index contributed by atoms with van der Waals surface area (Å²) in [6, 6.07) is 3.85. The molecule has 2 unspecified atom stereocenters. The molecule has 2 aliphatic heterocycles. The zero-order chi connectivity index (χ0) is 12.7. The van der Waals surface area contributed by atoms with Gasteiger partial charge in [-0.15, -0.1) is 0 Å². The van der Waals surface area contributed by atoms with Gasteiger partial charge in [0, 0.05) is 30.5 Å². The van der Waals surface area contributed by atoms with Gasteiger partial charge in [-0.3, -0.25) is 9.58 Å². The summed E-state index contributed by atoms with van der Waals surface area (Å²) >= 11 is 3.81. The van der Waals surface area contributed by atoms with E-state index in [9.17, 15) is 0 Å². The lowest BCUT2D eigenvalue weighted by Crippen LogP contribution is -2.42. The van der Waals surface area contributed by atoms with Crippen LogP contribution >= 0.6 is 15.9 Å². The van der Waals surface area contributed by atoms with Crippen LogP contribution in [-0.2, 0) is 20.0 Å². The van der Waals surface area contributed by atoms with E-state index in [0.717, 1.165) is 29.9 Å². The molecule has 0 radical (unpaired) electrons. The van der Waals surface area contributed by atoms with E-state index in [1.807, 2.05) is 0 Å². The third-order valence-electron chi connectivity index (χ3n) is 4.56. The first-order chi connectivity index (χ1) is 8.67. The van der Waals surface area contributed by atoms with Crippen molar-refractivity contribution >= 4 is 15.9 Å². The summed E-state index contributed by atoms with van der Waals surface area (Å²) in [4.78, 5) is 3.46.